The zero-order valence-corrected chi connectivity index (χ0v) is 7.18. The summed E-state index contributed by atoms with van der Waals surface area (Å²) >= 11 is 0. The maximum atomic E-state index is 10.8. The van der Waals surface area contributed by atoms with E-state index in [0.29, 0.717) is 12.5 Å². The Morgan fingerprint density at radius 2 is 1.92 bits per heavy atom. The van der Waals surface area contributed by atoms with E-state index in [-0.39, 0.29) is 0 Å². The molecule has 70 valence electrons. The number of hydrogen-bond donors (Lipinski definition) is 4. The summed E-state index contributed by atoms with van der Waals surface area (Å²) < 4.78 is 0. The zero-order valence-electron chi connectivity index (χ0n) is 7.18. The van der Waals surface area contributed by atoms with Gasteiger partial charge in [0.2, 0.25) is 0 Å². The third-order valence-corrected chi connectivity index (χ3v) is 0.970. The first kappa shape index (κ1) is 10.5. The second kappa shape index (κ2) is 5.22. The molecule has 0 atom stereocenters. The average Bonchev–Trinajstić information content (AvgIpc) is 1.96. The Bertz CT molecular complexity index is 169. The zero-order chi connectivity index (χ0) is 9.56. The average molecular weight is 174 g/mol. The van der Waals surface area contributed by atoms with Crippen LogP contribution in [0.15, 0.2) is 0 Å². The molecule has 0 aliphatic carbocycles. The van der Waals surface area contributed by atoms with Crippen molar-refractivity contribution in [3.63, 3.8) is 0 Å². The van der Waals surface area contributed by atoms with Gasteiger partial charge in [0.05, 0.1) is 0 Å². The van der Waals surface area contributed by atoms with Crippen LogP contribution in [-0.4, -0.2) is 18.6 Å². The predicted octanol–water partition coefficient (Wildman–Crippen LogP) is -0.475. The molecular weight excluding hydrogens is 160 g/mol. The minimum Gasteiger partial charge on any atom is -0.350 e. The smallest absolute Gasteiger partial charge is 0.333 e. The minimum atomic E-state index is -0.797. The number of carbonyl (C=O) groups excluding carboxylic acids is 2. The number of hydrazine groups is 1. The second-order valence-electron chi connectivity index (χ2n) is 2.72. The van der Waals surface area contributed by atoms with Gasteiger partial charge >= 0.3 is 12.1 Å². The number of primary amides is 1. The van der Waals surface area contributed by atoms with Crippen molar-refractivity contribution in [2.75, 3.05) is 6.54 Å². The van der Waals surface area contributed by atoms with Crippen molar-refractivity contribution in [1.29, 1.82) is 0 Å². The molecular formula is C6H14N4O2. The van der Waals surface area contributed by atoms with E-state index in [9.17, 15) is 9.59 Å². The summed E-state index contributed by atoms with van der Waals surface area (Å²) in [7, 11) is 0. The molecule has 0 rings (SSSR count). The summed E-state index contributed by atoms with van der Waals surface area (Å²) in [4.78, 5) is 20.9. The highest BCUT2D eigenvalue weighted by Crippen LogP contribution is 1.85. The van der Waals surface area contributed by atoms with Gasteiger partial charge in [-0.2, -0.15) is 0 Å². The van der Waals surface area contributed by atoms with Crippen molar-refractivity contribution in [2.24, 2.45) is 11.7 Å². The Morgan fingerprint density at radius 3 is 2.33 bits per heavy atom. The van der Waals surface area contributed by atoms with Crippen LogP contribution in [-0.2, 0) is 0 Å². The lowest BCUT2D eigenvalue weighted by molar-refractivity contribution is 0.227. The number of nitrogens with one attached hydrogen (secondary N) is 3. The molecule has 0 aromatic carbocycles. The van der Waals surface area contributed by atoms with Crippen LogP contribution in [0, 0.1) is 5.92 Å². The normalized spacial score (nSPS) is 9.25. The van der Waals surface area contributed by atoms with E-state index in [1.807, 2.05) is 19.3 Å². The lowest BCUT2D eigenvalue weighted by Gasteiger charge is -2.08. The van der Waals surface area contributed by atoms with Gasteiger partial charge in [0.15, 0.2) is 0 Å². The highest BCUT2D eigenvalue weighted by atomic mass is 16.2. The van der Waals surface area contributed by atoms with Crippen molar-refractivity contribution in [2.45, 2.75) is 13.8 Å². The van der Waals surface area contributed by atoms with Crippen molar-refractivity contribution < 1.29 is 9.59 Å². The summed E-state index contributed by atoms with van der Waals surface area (Å²) in [6.45, 7) is 4.47. The third kappa shape index (κ3) is 6.66. The van der Waals surface area contributed by atoms with E-state index >= 15 is 0 Å². The van der Waals surface area contributed by atoms with Crippen LogP contribution in [0.3, 0.4) is 0 Å². The van der Waals surface area contributed by atoms with E-state index in [4.69, 9.17) is 5.73 Å². The fraction of sp³-hybridized carbons (Fsp3) is 0.667. The highest BCUT2D eigenvalue weighted by molar-refractivity contribution is 5.78. The SMILES string of the molecule is CC(C)CNC(=O)NNC(N)=O. The monoisotopic (exact) mass is 174 g/mol. The van der Waals surface area contributed by atoms with Crippen molar-refractivity contribution in [3.8, 4) is 0 Å². The maximum absolute atomic E-state index is 10.8. The Balaban J connectivity index is 3.40. The largest absolute Gasteiger partial charge is 0.350 e. The molecule has 0 saturated heterocycles. The predicted molar refractivity (Wildman–Crippen MR) is 44.1 cm³/mol. The van der Waals surface area contributed by atoms with Crippen molar-refractivity contribution >= 4 is 12.1 Å². The van der Waals surface area contributed by atoms with Gasteiger partial charge in [-0.3, -0.25) is 0 Å². The Kier molecular flexibility index (Phi) is 4.59. The first-order valence-electron chi connectivity index (χ1n) is 3.61. The molecule has 0 spiro atoms. The molecule has 0 radical (unpaired) electrons. The molecule has 0 aliphatic heterocycles. The quantitative estimate of drug-likeness (QED) is 0.425. The number of urea groups is 2. The summed E-state index contributed by atoms with van der Waals surface area (Å²) in [5.74, 6) is 0.365. The van der Waals surface area contributed by atoms with Crippen LogP contribution >= 0.6 is 0 Å². The number of rotatable bonds is 2. The second-order valence-corrected chi connectivity index (χ2v) is 2.72. The van der Waals surface area contributed by atoms with E-state index in [1.165, 1.54) is 0 Å². The minimum absolute atomic E-state index is 0.365. The lowest BCUT2D eigenvalue weighted by Crippen LogP contribution is -2.49. The fourth-order valence-electron chi connectivity index (χ4n) is 0.459. The maximum Gasteiger partial charge on any atom is 0.333 e. The third-order valence-electron chi connectivity index (χ3n) is 0.970. The van der Waals surface area contributed by atoms with Gasteiger partial charge in [-0.15, -0.1) is 0 Å². The van der Waals surface area contributed by atoms with E-state index in [2.05, 4.69) is 10.7 Å². The summed E-state index contributed by atoms with van der Waals surface area (Å²) in [5.41, 5.74) is 8.71. The van der Waals surface area contributed by atoms with Gasteiger partial charge in [0.1, 0.15) is 0 Å². The molecule has 0 bridgehead atoms. The Labute approximate surface area is 70.8 Å². The lowest BCUT2D eigenvalue weighted by atomic mass is 10.2. The molecule has 0 heterocycles. The molecule has 0 unspecified atom stereocenters. The van der Waals surface area contributed by atoms with Crippen LogP contribution in [0.5, 0.6) is 0 Å². The Hall–Kier alpha value is -1.46. The molecule has 6 heteroatoms. The Morgan fingerprint density at radius 1 is 1.33 bits per heavy atom. The molecule has 0 saturated carbocycles. The van der Waals surface area contributed by atoms with Gasteiger partial charge in [-0.05, 0) is 5.92 Å². The standard InChI is InChI=1S/C6H14N4O2/c1-4(2)3-8-6(12)10-9-5(7)11/h4H,3H2,1-2H3,(H3,7,9,11)(H2,8,10,12). The molecule has 0 fully saturated rings. The van der Waals surface area contributed by atoms with Crippen LogP contribution in [0.1, 0.15) is 13.8 Å². The molecule has 0 aromatic rings. The van der Waals surface area contributed by atoms with Gasteiger partial charge in [0.25, 0.3) is 0 Å². The summed E-state index contributed by atoms with van der Waals surface area (Å²) in [6, 6.07) is -1.27. The topological polar surface area (TPSA) is 96.2 Å². The number of hydrogen-bond acceptors (Lipinski definition) is 2. The van der Waals surface area contributed by atoms with E-state index in [0.717, 1.165) is 0 Å². The molecule has 0 aromatic heterocycles. The van der Waals surface area contributed by atoms with Crippen LogP contribution in [0.2, 0.25) is 0 Å². The van der Waals surface area contributed by atoms with Gasteiger partial charge in [-0.25, -0.2) is 20.4 Å². The highest BCUT2D eigenvalue weighted by Gasteiger charge is 2.00. The molecule has 0 aliphatic rings. The van der Waals surface area contributed by atoms with Gasteiger partial charge in [0, 0.05) is 6.54 Å². The van der Waals surface area contributed by atoms with Crippen molar-refractivity contribution in [3.05, 3.63) is 0 Å². The number of carbonyl (C=O) groups is 2. The van der Waals surface area contributed by atoms with E-state index in [1.54, 1.807) is 0 Å². The molecule has 5 N–H and O–H groups in total. The van der Waals surface area contributed by atoms with Crippen LogP contribution < -0.4 is 21.9 Å². The van der Waals surface area contributed by atoms with Gasteiger partial charge < -0.3 is 11.1 Å². The molecule has 12 heavy (non-hydrogen) atoms. The molecule has 6 nitrogen and oxygen atoms in total. The first-order chi connectivity index (χ1) is 5.52. The molecule has 4 amide bonds. The van der Waals surface area contributed by atoms with Crippen LogP contribution in [0.4, 0.5) is 9.59 Å². The van der Waals surface area contributed by atoms with Gasteiger partial charge in [-0.1, -0.05) is 13.8 Å². The first-order valence-corrected chi connectivity index (χ1v) is 3.61. The summed E-state index contributed by atoms with van der Waals surface area (Å²) in [5, 5.41) is 2.52. The van der Waals surface area contributed by atoms with Crippen LogP contribution in [0.25, 0.3) is 0 Å². The summed E-state index contributed by atoms with van der Waals surface area (Å²) in [6.07, 6.45) is 0. The fourth-order valence-corrected chi connectivity index (χ4v) is 0.459. The van der Waals surface area contributed by atoms with E-state index < -0.39 is 12.1 Å². The van der Waals surface area contributed by atoms with Crippen molar-refractivity contribution in [1.82, 2.24) is 16.2 Å². The number of amides is 4. The number of nitrogens with two attached hydrogens (primary N) is 1.